The van der Waals surface area contributed by atoms with Gasteiger partial charge in [-0.15, -0.1) is 0 Å². The monoisotopic (exact) mass is 272 g/mol. The van der Waals surface area contributed by atoms with Crippen LogP contribution < -0.4 is 0 Å². The predicted molar refractivity (Wildman–Crippen MR) is 76.6 cm³/mol. The molecule has 1 fully saturated rings. The van der Waals surface area contributed by atoms with E-state index in [0.717, 1.165) is 9.20 Å². The van der Waals surface area contributed by atoms with Crippen LogP contribution in [0.4, 0.5) is 0 Å². The van der Waals surface area contributed by atoms with E-state index in [-0.39, 0.29) is 7.83 Å². The normalized spacial score (nSPS) is 25.1. The van der Waals surface area contributed by atoms with Crippen LogP contribution in [0.1, 0.15) is 27.7 Å². The van der Waals surface area contributed by atoms with Crippen molar-refractivity contribution in [2.75, 3.05) is 20.6 Å². The van der Waals surface area contributed by atoms with Gasteiger partial charge in [-0.3, -0.25) is 9.35 Å². The Bertz CT molecular complexity index is 223. The summed E-state index contributed by atoms with van der Waals surface area (Å²) < 4.78 is 5.21. The summed E-state index contributed by atoms with van der Waals surface area (Å²) in [7, 11) is 4.27. The first-order valence-corrected chi connectivity index (χ1v) is 13.5. The van der Waals surface area contributed by atoms with E-state index in [1.165, 1.54) is 24.7 Å². The van der Waals surface area contributed by atoms with Crippen LogP contribution in [0.15, 0.2) is 0 Å². The van der Waals surface area contributed by atoms with Gasteiger partial charge in [-0.05, 0) is 19.1 Å². The fraction of sp³-hybridized carbons (Fsp3) is 1.00. The predicted octanol–water partition coefficient (Wildman–Crippen LogP) is 1.71. The highest BCUT2D eigenvalue weighted by Crippen LogP contribution is 2.29. The molecular weight excluding hydrogens is 246 g/mol. The summed E-state index contributed by atoms with van der Waals surface area (Å²) in [5, 5.41) is 2.42. The van der Waals surface area contributed by atoms with Crippen molar-refractivity contribution >= 4 is 24.8 Å². The molecule has 3 nitrogen and oxygen atoms in total. The zero-order chi connectivity index (χ0) is 12.3. The largest absolute Gasteiger partial charge is 0.260 e. The van der Waals surface area contributed by atoms with Crippen molar-refractivity contribution in [3.8, 4) is 0 Å². The Morgan fingerprint density at radius 3 is 2.00 bits per heavy atom. The topological polar surface area (TPSA) is 9.72 Å². The highest BCUT2D eigenvalue weighted by Gasteiger charge is 2.50. The Balaban J connectivity index is 3.04. The van der Waals surface area contributed by atoms with E-state index in [9.17, 15) is 0 Å². The third-order valence-electron chi connectivity index (χ3n) is 3.96. The summed E-state index contributed by atoms with van der Waals surface area (Å²) in [6.45, 7) is 10.8. The van der Waals surface area contributed by atoms with Crippen LogP contribution >= 0.6 is 0 Å². The van der Waals surface area contributed by atoms with Crippen molar-refractivity contribution in [1.82, 2.24) is 14.5 Å². The Morgan fingerprint density at radius 2 is 1.62 bits per heavy atom. The van der Waals surface area contributed by atoms with Gasteiger partial charge in [-0.2, -0.15) is 5.12 Å². The van der Waals surface area contributed by atoms with Gasteiger partial charge in [-0.1, -0.05) is 33.7 Å². The SMILES string of the molecule is CCN1N(C)N(C)[Si][Si](CC)[Si]1(CC)CC. The average molecular weight is 273 g/mol. The Hall–Kier alpha value is 0.531. The molecule has 0 atom stereocenters. The van der Waals surface area contributed by atoms with Gasteiger partial charge in [0.1, 0.15) is 17.0 Å². The van der Waals surface area contributed by atoms with Crippen LogP contribution in [0.2, 0.25) is 18.1 Å². The smallest absolute Gasteiger partial charge is 0.146 e. The molecule has 1 heterocycles. The highest BCUT2D eigenvalue weighted by atomic mass is 29.6. The van der Waals surface area contributed by atoms with Gasteiger partial charge in [0.15, 0.2) is 0 Å². The molecule has 93 valence electrons. The van der Waals surface area contributed by atoms with E-state index in [4.69, 9.17) is 0 Å². The first kappa shape index (κ1) is 14.6. The van der Waals surface area contributed by atoms with Gasteiger partial charge >= 0.3 is 0 Å². The van der Waals surface area contributed by atoms with E-state index < -0.39 is 7.75 Å². The minimum Gasteiger partial charge on any atom is -0.260 e. The zero-order valence-electron chi connectivity index (χ0n) is 11.7. The second kappa shape index (κ2) is 5.92. The molecule has 0 aromatic rings. The van der Waals surface area contributed by atoms with Crippen molar-refractivity contribution in [2.24, 2.45) is 0 Å². The fourth-order valence-electron chi connectivity index (χ4n) is 2.92. The lowest BCUT2D eigenvalue weighted by atomic mass is 10.8. The summed E-state index contributed by atoms with van der Waals surface area (Å²) in [6, 6.07) is 4.32. The van der Waals surface area contributed by atoms with Gasteiger partial charge in [0.25, 0.3) is 0 Å². The van der Waals surface area contributed by atoms with E-state index >= 15 is 0 Å². The quantitative estimate of drug-likeness (QED) is 0.722. The maximum atomic E-state index is 2.75. The average Bonchev–Trinajstić information content (AvgIpc) is 2.31. The summed E-state index contributed by atoms with van der Waals surface area (Å²) >= 11 is 0. The van der Waals surface area contributed by atoms with Gasteiger partial charge < -0.3 is 0 Å². The lowest BCUT2D eigenvalue weighted by molar-refractivity contribution is -0.0510. The lowest BCUT2D eigenvalue weighted by Crippen LogP contribution is -2.78. The summed E-state index contributed by atoms with van der Waals surface area (Å²) in [5.41, 5.74) is 0. The second-order valence-corrected chi connectivity index (χ2v) is 19.5. The Morgan fingerprint density at radius 1 is 1.06 bits per heavy atom. The second-order valence-electron chi connectivity index (χ2n) is 4.41. The molecule has 1 rings (SSSR count). The number of hydrogen-bond donors (Lipinski definition) is 0. The van der Waals surface area contributed by atoms with Crippen molar-refractivity contribution in [3.63, 3.8) is 0 Å². The van der Waals surface area contributed by atoms with Crippen LogP contribution in [0, 0.1) is 0 Å². The van der Waals surface area contributed by atoms with E-state index in [2.05, 4.69) is 56.3 Å². The first-order chi connectivity index (χ1) is 7.57. The number of rotatable bonds is 4. The zero-order valence-corrected chi connectivity index (χ0v) is 14.7. The summed E-state index contributed by atoms with van der Waals surface area (Å²) in [5.74, 6) is 0. The third kappa shape index (κ3) is 2.23. The number of hydrazine groups is 2. The minimum absolute atomic E-state index is 0.151. The Kier molecular flexibility index (Phi) is 5.40. The maximum absolute atomic E-state index is 2.75. The van der Waals surface area contributed by atoms with Gasteiger partial charge in [-0.25, -0.2) is 0 Å². The van der Waals surface area contributed by atoms with E-state index in [1.807, 2.05) is 0 Å². The Labute approximate surface area is 106 Å². The molecule has 0 unspecified atom stereocenters. The van der Waals surface area contributed by atoms with Crippen molar-refractivity contribution in [3.05, 3.63) is 0 Å². The van der Waals surface area contributed by atoms with Gasteiger partial charge in [0, 0.05) is 13.6 Å². The van der Waals surface area contributed by atoms with Gasteiger partial charge in [0.2, 0.25) is 0 Å². The molecule has 1 aliphatic rings. The van der Waals surface area contributed by atoms with Crippen LogP contribution in [0.3, 0.4) is 0 Å². The van der Waals surface area contributed by atoms with Crippen molar-refractivity contribution < 1.29 is 0 Å². The summed E-state index contributed by atoms with van der Waals surface area (Å²) in [6.07, 6.45) is 0. The molecule has 16 heavy (non-hydrogen) atoms. The lowest BCUT2D eigenvalue weighted by Gasteiger charge is -2.56. The molecule has 0 saturated carbocycles. The highest BCUT2D eigenvalue weighted by molar-refractivity contribution is 7.51. The van der Waals surface area contributed by atoms with E-state index in [0.29, 0.717) is 0 Å². The summed E-state index contributed by atoms with van der Waals surface area (Å²) in [4.78, 5) is 0. The molecule has 0 spiro atoms. The van der Waals surface area contributed by atoms with Crippen molar-refractivity contribution in [1.29, 1.82) is 0 Å². The molecule has 1 aliphatic heterocycles. The molecule has 0 N–H and O–H groups in total. The van der Waals surface area contributed by atoms with Crippen molar-refractivity contribution in [2.45, 2.75) is 45.8 Å². The minimum atomic E-state index is -1.16. The van der Waals surface area contributed by atoms with Crippen LogP contribution in [-0.4, -0.2) is 59.9 Å². The first-order valence-electron chi connectivity index (χ1n) is 6.45. The fourth-order valence-corrected chi connectivity index (χ4v) is 25.1. The standard InChI is InChI=1S/C10H26N3Si3/c1-7-13-11(5)12(6)14-15(8-2)16(13,9-3)10-4/h7-10H2,1-6H3. The van der Waals surface area contributed by atoms with Crippen LogP contribution in [0.25, 0.3) is 0 Å². The molecule has 0 aliphatic carbocycles. The third-order valence-corrected chi connectivity index (χ3v) is 26.0. The molecule has 0 amide bonds. The maximum Gasteiger partial charge on any atom is 0.146 e. The molecule has 0 bridgehead atoms. The molecule has 6 heteroatoms. The van der Waals surface area contributed by atoms with Gasteiger partial charge in [0.05, 0.1) is 7.83 Å². The molecule has 1 saturated heterocycles. The van der Waals surface area contributed by atoms with E-state index in [1.54, 1.807) is 0 Å². The number of nitrogens with zero attached hydrogens (tertiary/aromatic N) is 3. The molecular formula is C10H26N3Si3. The molecule has 0 aromatic heterocycles. The number of hydrogen-bond acceptors (Lipinski definition) is 3. The molecule has 0 aromatic carbocycles. The van der Waals surface area contributed by atoms with Crippen LogP contribution in [0.5, 0.6) is 0 Å². The molecule has 3 radical (unpaired) electrons. The van der Waals surface area contributed by atoms with Crippen LogP contribution in [-0.2, 0) is 0 Å².